The first-order chi connectivity index (χ1) is 12.9. The van der Waals surface area contributed by atoms with Gasteiger partial charge in [-0.1, -0.05) is 25.1 Å². The Balaban J connectivity index is 1.78. The molecule has 6 atom stereocenters. The Morgan fingerprint density at radius 3 is 2.74 bits per heavy atom. The number of rotatable bonds is 2. The molecule has 1 aromatic rings. The normalized spacial score (nSPS) is 48.3. The first-order valence-electron chi connectivity index (χ1n) is 10.3. The second-order valence-corrected chi connectivity index (χ2v) is 9.60. The second-order valence-electron chi connectivity index (χ2n) is 9.60. The molecule has 1 saturated carbocycles. The van der Waals surface area contributed by atoms with E-state index in [0.29, 0.717) is 12.0 Å². The fourth-order valence-electron chi connectivity index (χ4n) is 8.26. The molecule has 6 aliphatic rings. The first-order valence-corrected chi connectivity index (χ1v) is 10.3. The van der Waals surface area contributed by atoms with Gasteiger partial charge in [0.25, 0.3) is 0 Å². The van der Waals surface area contributed by atoms with E-state index in [9.17, 15) is 0 Å². The molecular formula is C23H29NO3. The summed E-state index contributed by atoms with van der Waals surface area (Å²) >= 11 is 0. The van der Waals surface area contributed by atoms with Gasteiger partial charge in [0.15, 0.2) is 11.5 Å². The van der Waals surface area contributed by atoms with E-state index in [1.165, 1.54) is 11.1 Å². The van der Waals surface area contributed by atoms with Gasteiger partial charge in [-0.25, -0.2) is 0 Å². The molecule has 27 heavy (non-hydrogen) atoms. The van der Waals surface area contributed by atoms with Gasteiger partial charge in [-0.05, 0) is 57.3 Å². The molecule has 2 aliphatic heterocycles. The topological polar surface area (TPSA) is 30.9 Å². The number of fused-ring (bicyclic) bond motifs is 1. The molecule has 1 saturated heterocycles. The van der Waals surface area contributed by atoms with Crippen molar-refractivity contribution >= 4 is 0 Å². The average Bonchev–Trinajstić information content (AvgIpc) is 2.94. The number of hydrogen-bond donors (Lipinski definition) is 0. The van der Waals surface area contributed by atoms with Gasteiger partial charge in [0.2, 0.25) is 0 Å². The minimum Gasteiger partial charge on any atom is -0.493 e. The lowest BCUT2D eigenvalue weighted by atomic mass is 9.34. The Labute approximate surface area is 161 Å². The third-order valence-corrected chi connectivity index (χ3v) is 9.24. The summed E-state index contributed by atoms with van der Waals surface area (Å²) in [4.78, 5) is 2.60. The molecular weight excluding hydrogens is 338 g/mol. The fraction of sp³-hybridized carbons (Fsp3) is 0.652. The van der Waals surface area contributed by atoms with Crippen molar-refractivity contribution in [3.8, 4) is 11.5 Å². The van der Waals surface area contributed by atoms with Crippen LogP contribution in [0.25, 0.3) is 0 Å². The molecule has 0 N–H and O–H groups in total. The summed E-state index contributed by atoms with van der Waals surface area (Å²) < 4.78 is 19.1. The van der Waals surface area contributed by atoms with E-state index in [1.54, 1.807) is 7.11 Å². The van der Waals surface area contributed by atoms with Gasteiger partial charge in [0, 0.05) is 24.1 Å². The third kappa shape index (κ3) is 1.33. The Bertz CT molecular complexity index is 896. The number of hydrogen-bond acceptors (Lipinski definition) is 4. The monoisotopic (exact) mass is 367 g/mol. The Kier molecular flexibility index (Phi) is 2.77. The quantitative estimate of drug-likeness (QED) is 0.751. The smallest absolute Gasteiger partial charge is 0.166 e. The van der Waals surface area contributed by atoms with Crippen LogP contribution in [-0.2, 0) is 16.6 Å². The summed E-state index contributed by atoms with van der Waals surface area (Å²) in [6.07, 6.45) is 8.22. The maximum absolute atomic E-state index is 7.00. The van der Waals surface area contributed by atoms with E-state index in [0.717, 1.165) is 37.3 Å². The van der Waals surface area contributed by atoms with Crippen molar-refractivity contribution in [1.82, 2.24) is 4.90 Å². The van der Waals surface area contributed by atoms with Crippen LogP contribution in [0.2, 0.25) is 0 Å². The summed E-state index contributed by atoms with van der Waals surface area (Å²) in [5.74, 6) is 2.25. The van der Waals surface area contributed by atoms with E-state index in [2.05, 4.69) is 50.1 Å². The molecule has 0 unspecified atom stereocenters. The van der Waals surface area contributed by atoms with Crippen molar-refractivity contribution in [3.05, 3.63) is 35.4 Å². The van der Waals surface area contributed by atoms with Crippen molar-refractivity contribution in [2.75, 3.05) is 27.8 Å². The first kappa shape index (κ1) is 16.4. The van der Waals surface area contributed by atoms with Gasteiger partial charge in [-0.3, -0.25) is 0 Å². The zero-order valence-corrected chi connectivity index (χ0v) is 17.0. The van der Waals surface area contributed by atoms with Crippen LogP contribution in [0.1, 0.15) is 37.8 Å². The van der Waals surface area contributed by atoms with Crippen LogP contribution in [0, 0.1) is 11.3 Å². The standard InChI is InChI=1S/C23H29NO3/c1-14-13-21-8-9-23(14,26-5)20(2)22(21)10-11-24(3)17(21)12-15-6-7-16(25-4)19(27-20)18(15)22/h6-9,14,17H,10-13H2,1-5H3/t14-,17+,20-,21-,22-,23+/m0/s1. The second kappa shape index (κ2) is 4.55. The molecule has 2 fully saturated rings. The summed E-state index contributed by atoms with van der Waals surface area (Å²) in [7, 11) is 5.92. The van der Waals surface area contributed by atoms with Gasteiger partial charge >= 0.3 is 0 Å². The van der Waals surface area contributed by atoms with Crippen LogP contribution < -0.4 is 9.47 Å². The molecule has 4 nitrogen and oxygen atoms in total. The number of piperidine rings is 1. The fourth-order valence-corrected chi connectivity index (χ4v) is 8.26. The average molecular weight is 367 g/mol. The van der Waals surface area contributed by atoms with Gasteiger partial charge in [0.1, 0.15) is 11.2 Å². The maximum Gasteiger partial charge on any atom is 0.166 e. The number of nitrogens with zero attached hydrogens (tertiary/aromatic N) is 1. The number of benzene rings is 1. The highest BCUT2D eigenvalue weighted by Gasteiger charge is 2.83. The van der Waals surface area contributed by atoms with Crippen LogP contribution in [0.5, 0.6) is 11.5 Å². The largest absolute Gasteiger partial charge is 0.493 e. The number of ether oxygens (including phenoxy) is 3. The Morgan fingerprint density at radius 2 is 2.04 bits per heavy atom. The molecule has 4 heteroatoms. The van der Waals surface area contributed by atoms with E-state index < -0.39 is 11.2 Å². The van der Waals surface area contributed by atoms with Gasteiger partial charge < -0.3 is 19.1 Å². The molecule has 144 valence electrons. The van der Waals surface area contributed by atoms with Crippen molar-refractivity contribution < 1.29 is 14.2 Å². The van der Waals surface area contributed by atoms with Crippen molar-refractivity contribution in [3.63, 3.8) is 0 Å². The predicted molar refractivity (Wildman–Crippen MR) is 104 cm³/mol. The molecule has 0 amide bonds. The van der Waals surface area contributed by atoms with Crippen LogP contribution in [-0.4, -0.2) is 50.0 Å². The zero-order chi connectivity index (χ0) is 18.8. The van der Waals surface area contributed by atoms with E-state index in [-0.39, 0.29) is 10.8 Å². The molecule has 2 spiro atoms. The van der Waals surface area contributed by atoms with Gasteiger partial charge in [-0.15, -0.1) is 0 Å². The molecule has 4 aliphatic carbocycles. The number of likely N-dealkylation sites (N-methyl/N-ethyl adjacent to an activating group) is 1. The van der Waals surface area contributed by atoms with Crippen LogP contribution >= 0.6 is 0 Å². The van der Waals surface area contributed by atoms with E-state index in [4.69, 9.17) is 14.2 Å². The summed E-state index contributed by atoms with van der Waals surface area (Å²) in [5, 5.41) is 0. The SMILES string of the molecule is COc1ccc2c3c1O[C@@]1(C)[C@]34CCN(C)[C@H](C2)[C@@]42C=C[C@@]1(OC)[C@@H](C)C2. The highest BCUT2D eigenvalue weighted by atomic mass is 16.6. The van der Waals surface area contributed by atoms with Crippen molar-refractivity contribution in [2.45, 2.75) is 55.8 Å². The van der Waals surface area contributed by atoms with Crippen LogP contribution in [0.3, 0.4) is 0 Å². The molecule has 7 rings (SSSR count). The highest BCUT2D eigenvalue weighted by molar-refractivity contribution is 5.67. The molecule has 0 aromatic heterocycles. The third-order valence-electron chi connectivity index (χ3n) is 9.24. The Hall–Kier alpha value is -1.52. The minimum absolute atomic E-state index is 0.0497. The summed E-state index contributed by atoms with van der Waals surface area (Å²) in [5.41, 5.74) is 2.08. The lowest BCUT2D eigenvalue weighted by Crippen LogP contribution is -2.83. The maximum atomic E-state index is 7.00. The molecule has 1 aromatic carbocycles. The number of likely N-dealkylation sites (tertiary alicyclic amines) is 1. The van der Waals surface area contributed by atoms with Crippen molar-refractivity contribution in [2.24, 2.45) is 11.3 Å². The molecule has 4 bridgehead atoms. The van der Waals surface area contributed by atoms with Crippen LogP contribution in [0.4, 0.5) is 0 Å². The lowest BCUT2D eigenvalue weighted by Gasteiger charge is -2.74. The predicted octanol–water partition coefficient (Wildman–Crippen LogP) is 3.33. The van der Waals surface area contributed by atoms with E-state index in [1.807, 2.05) is 7.11 Å². The molecule has 0 radical (unpaired) electrons. The van der Waals surface area contributed by atoms with Crippen LogP contribution in [0.15, 0.2) is 24.3 Å². The summed E-state index contributed by atoms with van der Waals surface area (Å²) in [6.45, 7) is 5.77. The highest BCUT2D eigenvalue weighted by Crippen LogP contribution is 2.78. The van der Waals surface area contributed by atoms with E-state index >= 15 is 0 Å². The van der Waals surface area contributed by atoms with Gasteiger partial charge in [-0.2, -0.15) is 0 Å². The van der Waals surface area contributed by atoms with Gasteiger partial charge in [0.05, 0.1) is 12.5 Å². The zero-order valence-electron chi connectivity index (χ0n) is 17.0. The number of methoxy groups -OCH3 is 2. The summed E-state index contributed by atoms with van der Waals surface area (Å²) in [6, 6.07) is 4.88. The van der Waals surface area contributed by atoms with Crippen molar-refractivity contribution in [1.29, 1.82) is 0 Å². The lowest BCUT2D eigenvalue weighted by molar-refractivity contribution is -0.257. The minimum atomic E-state index is -0.424. The Morgan fingerprint density at radius 1 is 1.22 bits per heavy atom. The molecule has 2 heterocycles.